The third-order valence-corrected chi connectivity index (χ3v) is 4.90. The molecule has 0 N–H and O–H groups in total. The molecule has 0 amide bonds. The van der Waals surface area contributed by atoms with E-state index in [4.69, 9.17) is 4.98 Å². The highest BCUT2D eigenvalue weighted by Crippen LogP contribution is 2.17. The van der Waals surface area contributed by atoms with Crippen LogP contribution < -0.4 is 14.7 Å². The number of nitrogens with zero attached hydrogens (tertiary/aromatic N) is 8. The van der Waals surface area contributed by atoms with Crippen molar-refractivity contribution in [3.8, 4) is 0 Å². The Labute approximate surface area is 164 Å². The van der Waals surface area contributed by atoms with Gasteiger partial charge >= 0.3 is 0 Å². The molecule has 0 radical (unpaired) electrons. The Hall–Kier alpha value is -3.29. The largest absolute Gasteiger partial charge is 0.359 e. The minimum atomic E-state index is 0.780. The molecule has 0 aromatic carbocycles. The molecule has 3 aromatic rings. The summed E-state index contributed by atoms with van der Waals surface area (Å²) in [4.78, 5) is 28.6. The molecule has 1 saturated heterocycles. The zero-order valence-corrected chi connectivity index (χ0v) is 16.0. The molecule has 28 heavy (non-hydrogen) atoms. The monoisotopic (exact) mass is 376 g/mol. The molecule has 1 aliphatic rings. The van der Waals surface area contributed by atoms with Gasteiger partial charge in [-0.15, -0.1) is 0 Å². The highest BCUT2D eigenvalue weighted by atomic mass is 15.4. The first-order valence-corrected chi connectivity index (χ1v) is 9.49. The normalized spacial score (nSPS) is 14.2. The van der Waals surface area contributed by atoms with Crippen LogP contribution in [0, 0.1) is 0 Å². The molecule has 0 saturated carbocycles. The SMILES string of the molecule is CN(CCc1ccncc1)c1ccnc(N2CCN(c3ncccn3)CC2)n1. The van der Waals surface area contributed by atoms with Crippen molar-refractivity contribution in [3.63, 3.8) is 0 Å². The highest BCUT2D eigenvalue weighted by molar-refractivity contribution is 5.44. The summed E-state index contributed by atoms with van der Waals surface area (Å²) < 4.78 is 0. The van der Waals surface area contributed by atoms with Crippen molar-refractivity contribution in [1.82, 2.24) is 24.9 Å². The van der Waals surface area contributed by atoms with E-state index in [1.807, 2.05) is 30.7 Å². The molecule has 0 aliphatic carbocycles. The first-order chi connectivity index (χ1) is 13.8. The Morgan fingerprint density at radius 3 is 2.18 bits per heavy atom. The van der Waals surface area contributed by atoms with E-state index >= 15 is 0 Å². The molecule has 8 heteroatoms. The summed E-state index contributed by atoms with van der Waals surface area (Å²) in [6.07, 6.45) is 10.0. The van der Waals surface area contributed by atoms with Gasteiger partial charge in [0.05, 0.1) is 0 Å². The molecule has 1 aliphatic heterocycles. The second-order valence-electron chi connectivity index (χ2n) is 6.76. The van der Waals surface area contributed by atoms with Crippen LogP contribution in [0.25, 0.3) is 0 Å². The fourth-order valence-electron chi connectivity index (χ4n) is 3.23. The molecule has 8 nitrogen and oxygen atoms in total. The first-order valence-electron chi connectivity index (χ1n) is 9.49. The summed E-state index contributed by atoms with van der Waals surface area (Å²) in [5, 5.41) is 0. The maximum Gasteiger partial charge on any atom is 0.227 e. The summed E-state index contributed by atoms with van der Waals surface area (Å²) in [5.74, 6) is 2.50. The van der Waals surface area contributed by atoms with Crippen molar-refractivity contribution in [1.29, 1.82) is 0 Å². The molecule has 0 atom stereocenters. The van der Waals surface area contributed by atoms with Gasteiger partial charge in [-0.25, -0.2) is 15.0 Å². The summed E-state index contributed by atoms with van der Waals surface area (Å²) in [6.45, 7) is 4.30. The average Bonchev–Trinajstić information content (AvgIpc) is 2.79. The molecule has 144 valence electrons. The van der Waals surface area contributed by atoms with Gasteiger partial charge in [-0.3, -0.25) is 4.98 Å². The second-order valence-corrected chi connectivity index (χ2v) is 6.76. The molecule has 3 aromatic heterocycles. The van der Waals surface area contributed by atoms with Crippen LogP contribution in [-0.2, 0) is 6.42 Å². The van der Waals surface area contributed by atoms with E-state index in [0.29, 0.717) is 0 Å². The maximum atomic E-state index is 4.79. The number of aromatic nitrogens is 5. The van der Waals surface area contributed by atoms with E-state index in [-0.39, 0.29) is 0 Å². The lowest BCUT2D eigenvalue weighted by Crippen LogP contribution is -2.47. The van der Waals surface area contributed by atoms with E-state index in [9.17, 15) is 0 Å². The van der Waals surface area contributed by atoms with Crippen LogP contribution in [0.1, 0.15) is 5.56 Å². The van der Waals surface area contributed by atoms with Crippen molar-refractivity contribution in [2.45, 2.75) is 6.42 Å². The van der Waals surface area contributed by atoms with Gasteiger partial charge in [0.15, 0.2) is 0 Å². The van der Waals surface area contributed by atoms with Gasteiger partial charge in [0.1, 0.15) is 5.82 Å². The maximum absolute atomic E-state index is 4.79. The number of hydrogen-bond donors (Lipinski definition) is 0. The van der Waals surface area contributed by atoms with Crippen molar-refractivity contribution in [2.24, 2.45) is 0 Å². The fraction of sp³-hybridized carbons (Fsp3) is 0.350. The molecular formula is C20H24N8. The van der Waals surface area contributed by atoms with Crippen LogP contribution in [0.3, 0.4) is 0 Å². The zero-order valence-electron chi connectivity index (χ0n) is 16.0. The number of pyridine rings is 1. The lowest BCUT2D eigenvalue weighted by Gasteiger charge is -2.34. The zero-order chi connectivity index (χ0) is 19.2. The Morgan fingerprint density at radius 1 is 0.821 bits per heavy atom. The van der Waals surface area contributed by atoms with Crippen LogP contribution >= 0.6 is 0 Å². The third-order valence-electron chi connectivity index (χ3n) is 4.90. The van der Waals surface area contributed by atoms with E-state index < -0.39 is 0 Å². The molecular weight excluding hydrogens is 352 g/mol. The van der Waals surface area contributed by atoms with E-state index in [0.717, 1.165) is 56.9 Å². The van der Waals surface area contributed by atoms with Crippen LogP contribution in [-0.4, -0.2) is 64.7 Å². The topological polar surface area (TPSA) is 74.2 Å². The van der Waals surface area contributed by atoms with Gasteiger partial charge in [0, 0.05) is 70.8 Å². The minimum absolute atomic E-state index is 0.780. The predicted octanol–water partition coefficient (Wildman–Crippen LogP) is 1.67. The van der Waals surface area contributed by atoms with E-state index in [1.54, 1.807) is 12.4 Å². The second kappa shape index (κ2) is 8.60. The standard InChI is InChI=1S/C20H24N8/c1-26(12-6-17-3-9-21-10-4-17)18-5-11-24-20(25-18)28-15-13-27(14-16-28)19-22-7-2-8-23-19/h2-5,7-11H,6,12-16H2,1H3. The Bertz CT molecular complexity index is 866. The lowest BCUT2D eigenvalue weighted by atomic mass is 10.2. The van der Waals surface area contributed by atoms with Crippen molar-refractivity contribution < 1.29 is 0 Å². The number of piperazine rings is 1. The number of rotatable bonds is 6. The molecule has 4 rings (SSSR count). The van der Waals surface area contributed by atoms with Gasteiger partial charge in [0.25, 0.3) is 0 Å². The summed E-state index contributed by atoms with van der Waals surface area (Å²) >= 11 is 0. The number of hydrogen-bond acceptors (Lipinski definition) is 8. The van der Waals surface area contributed by atoms with Crippen LogP contribution in [0.15, 0.2) is 55.2 Å². The predicted molar refractivity (Wildman–Crippen MR) is 110 cm³/mol. The average molecular weight is 376 g/mol. The molecule has 4 heterocycles. The number of likely N-dealkylation sites (N-methyl/N-ethyl adjacent to an activating group) is 1. The highest BCUT2D eigenvalue weighted by Gasteiger charge is 2.21. The van der Waals surface area contributed by atoms with Crippen molar-refractivity contribution in [3.05, 3.63) is 60.8 Å². The van der Waals surface area contributed by atoms with Gasteiger partial charge in [0.2, 0.25) is 11.9 Å². The smallest absolute Gasteiger partial charge is 0.227 e. The molecule has 0 unspecified atom stereocenters. The third kappa shape index (κ3) is 4.33. The Kier molecular flexibility index (Phi) is 5.56. The van der Waals surface area contributed by atoms with Crippen LogP contribution in [0.5, 0.6) is 0 Å². The molecule has 1 fully saturated rings. The fourth-order valence-corrected chi connectivity index (χ4v) is 3.23. The molecule has 0 bridgehead atoms. The van der Waals surface area contributed by atoms with E-state index in [2.05, 4.69) is 53.8 Å². The molecule has 0 spiro atoms. The van der Waals surface area contributed by atoms with Crippen LogP contribution in [0.2, 0.25) is 0 Å². The van der Waals surface area contributed by atoms with Crippen molar-refractivity contribution in [2.75, 3.05) is 54.5 Å². The lowest BCUT2D eigenvalue weighted by molar-refractivity contribution is 0.627. The summed E-state index contributed by atoms with van der Waals surface area (Å²) in [7, 11) is 2.07. The quantitative estimate of drug-likeness (QED) is 0.643. The first kappa shape index (κ1) is 18.1. The van der Waals surface area contributed by atoms with Gasteiger partial charge in [-0.1, -0.05) is 0 Å². The summed E-state index contributed by atoms with van der Waals surface area (Å²) in [5.41, 5.74) is 1.27. The minimum Gasteiger partial charge on any atom is -0.359 e. The Balaban J connectivity index is 1.36. The number of anilines is 3. The summed E-state index contributed by atoms with van der Waals surface area (Å²) in [6, 6.07) is 7.90. The Morgan fingerprint density at radius 2 is 1.46 bits per heavy atom. The van der Waals surface area contributed by atoms with Gasteiger partial charge in [-0.2, -0.15) is 4.98 Å². The van der Waals surface area contributed by atoms with Gasteiger partial charge < -0.3 is 14.7 Å². The van der Waals surface area contributed by atoms with Crippen LogP contribution in [0.4, 0.5) is 17.7 Å². The van der Waals surface area contributed by atoms with Gasteiger partial charge in [-0.05, 0) is 36.2 Å². The van der Waals surface area contributed by atoms with E-state index in [1.165, 1.54) is 5.56 Å². The van der Waals surface area contributed by atoms with Crippen molar-refractivity contribution >= 4 is 17.7 Å².